The van der Waals surface area contributed by atoms with Gasteiger partial charge in [0.1, 0.15) is 0 Å². The number of rotatable bonds is 23. The third-order valence-electron chi connectivity index (χ3n) is 12.5. The lowest BCUT2D eigenvalue weighted by Gasteiger charge is -2.19. The average molecular weight is 821 g/mol. The highest BCUT2D eigenvalue weighted by molar-refractivity contribution is 6.10. The Balaban J connectivity index is 0.804. The van der Waals surface area contributed by atoms with Crippen molar-refractivity contribution in [3.63, 3.8) is 0 Å². The van der Waals surface area contributed by atoms with Crippen molar-refractivity contribution in [1.29, 1.82) is 0 Å². The number of nitrogens with zero attached hydrogens (tertiary/aromatic N) is 6. The fraction of sp³-hybridized carbons (Fsp3) is 0.321. The molecule has 6 aromatic carbocycles. The minimum absolute atomic E-state index is 0.906. The second kappa shape index (κ2) is 21.6. The van der Waals surface area contributed by atoms with Crippen molar-refractivity contribution in [1.82, 2.24) is 9.13 Å². The Morgan fingerprint density at radius 3 is 1.42 bits per heavy atom. The van der Waals surface area contributed by atoms with E-state index in [0.717, 1.165) is 55.0 Å². The van der Waals surface area contributed by atoms with Gasteiger partial charge >= 0.3 is 0 Å². The van der Waals surface area contributed by atoms with E-state index in [0.29, 0.717) is 0 Å². The Morgan fingerprint density at radius 1 is 0.419 bits per heavy atom. The van der Waals surface area contributed by atoms with E-state index in [9.17, 15) is 0 Å². The number of aryl methyl sites for hydroxylation is 2. The first-order chi connectivity index (χ1) is 30.7. The van der Waals surface area contributed by atoms with Gasteiger partial charge in [-0.25, -0.2) is 0 Å². The van der Waals surface area contributed by atoms with Crippen molar-refractivity contribution < 1.29 is 0 Å². The van der Waals surface area contributed by atoms with Crippen LogP contribution in [0.4, 0.5) is 11.4 Å². The summed E-state index contributed by atoms with van der Waals surface area (Å²) in [4.78, 5) is 0. The number of aromatic nitrogens is 2. The maximum absolute atomic E-state index is 5.08. The number of hydrazone groups is 2. The van der Waals surface area contributed by atoms with E-state index < -0.39 is 0 Å². The molecule has 2 aromatic heterocycles. The van der Waals surface area contributed by atoms with Gasteiger partial charge in [-0.2, -0.15) is 10.2 Å². The van der Waals surface area contributed by atoms with E-state index in [1.165, 1.54) is 114 Å². The Bertz CT molecular complexity index is 2690. The Hall–Kier alpha value is -6.14. The molecule has 0 spiro atoms. The lowest BCUT2D eigenvalue weighted by atomic mass is 10.1. The summed E-state index contributed by atoms with van der Waals surface area (Å²) >= 11 is 0. The molecule has 0 aliphatic heterocycles. The van der Waals surface area contributed by atoms with Crippen molar-refractivity contribution in [2.24, 2.45) is 17.3 Å². The molecule has 0 N–H and O–H groups in total. The van der Waals surface area contributed by atoms with Gasteiger partial charge in [0, 0.05) is 70.3 Å². The number of para-hydroxylation sites is 4. The van der Waals surface area contributed by atoms with Gasteiger partial charge in [-0.15, -0.1) is 0 Å². The van der Waals surface area contributed by atoms with Gasteiger partial charge in [0.25, 0.3) is 0 Å². The van der Waals surface area contributed by atoms with Crippen LogP contribution in [0, 0.1) is 0 Å². The Kier molecular flexibility index (Phi) is 14.8. The van der Waals surface area contributed by atoms with Crippen LogP contribution in [0.5, 0.6) is 0 Å². The zero-order valence-corrected chi connectivity index (χ0v) is 37.0. The normalized spacial score (nSPS) is 12.0. The highest BCUT2D eigenvalue weighted by Gasteiger charge is 2.12. The predicted octanol–water partition coefficient (Wildman–Crippen LogP) is 14.9. The molecule has 6 nitrogen and oxygen atoms in total. The molecular weight excluding hydrogens is 757 g/mol. The largest absolute Gasteiger partial charge is 0.344 e. The summed E-state index contributed by atoms with van der Waals surface area (Å²) in [6, 6.07) is 52.3. The molecule has 0 radical (unpaired) electrons. The molecule has 0 bridgehead atoms. The molecule has 0 saturated heterocycles. The quantitative estimate of drug-likeness (QED) is 0.0366. The first-order valence-electron chi connectivity index (χ1n) is 23.4. The summed E-state index contributed by atoms with van der Waals surface area (Å²) < 4.78 is 4.80. The van der Waals surface area contributed by atoms with Crippen molar-refractivity contribution in [2.45, 2.75) is 96.9 Å². The smallest absolute Gasteiger partial charge is 0.0593 e. The van der Waals surface area contributed by atoms with Crippen molar-refractivity contribution in [3.05, 3.63) is 157 Å². The summed E-state index contributed by atoms with van der Waals surface area (Å²) in [5.74, 6) is 0. The van der Waals surface area contributed by atoms with Crippen LogP contribution in [0.25, 0.3) is 43.6 Å². The van der Waals surface area contributed by atoms with Crippen molar-refractivity contribution in [3.8, 4) is 0 Å². The molecule has 0 atom stereocenters. The standard InChI is InChI=1S/C56H64N6/c1-3-4-5-10-23-38-60-55-33-22-20-31-50(55)52-42-46(35-37-56(52)60)44-58-62(48-28-17-14-18-29-48)40-25-12-9-7-6-8-11-24-39-61(47-26-15-13-16-27-47)57-43-45-34-36-54-51(41-45)49-30-19-21-32-53(49)59(54)2/h13-22,26-37,41-44H,3-12,23-25,38-40H2,1-2H3/b57-43-,58-44-. The van der Waals surface area contributed by atoms with Gasteiger partial charge in [0.05, 0.1) is 23.8 Å². The fourth-order valence-electron chi connectivity index (χ4n) is 9.10. The topological polar surface area (TPSA) is 41.1 Å². The molecule has 0 fully saturated rings. The van der Waals surface area contributed by atoms with Crippen LogP contribution in [-0.2, 0) is 13.6 Å². The molecule has 6 heteroatoms. The predicted molar refractivity (Wildman–Crippen MR) is 268 cm³/mol. The number of benzene rings is 6. The number of fused-ring (bicyclic) bond motifs is 6. The third kappa shape index (κ3) is 10.5. The molecule has 318 valence electrons. The summed E-state index contributed by atoms with van der Waals surface area (Å²) in [7, 11) is 2.14. The molecule has 8 rings (SSSR count). The SMILES string of the molecule is CCCCCCCn1c2ccccc2c2cc(/C=N\N(CCCCCCCCCCN(/N=C\c3ccc4c(c3)c3ccccc3n4C)c3ccccc3)c3ccccc3)ccc21. The summed E-state index contributed by atoms with van der Waals surface area (Å²) in [5.41, 5.74) is 9.70. The highest BCUT2D eigenvalue weighted by atomic mass is 15.5. The molecule has 62 heavy (non-hydrogen) atoms. The second-order valence-corrected chi connectivity index (χ2v) is 16.9. The highest BCUT2D eigenvalue weighted by Crippen LogP contribution is 2.31. The number of unbranched alkanes of at least 4 members (excludes halogenated alkanes) is 11. The summed E-state index contributed by atoms with van der Waals surface area (Å²) in [6.45, 7) is 5.16. The first-order valence-corrected chi connectivity index (χ1v) is 23.4. The van der Waals surface area contributed by atoms with Crippen LogP contribution in [0.1, 0.15) is 102 Å². The molecule has 8 aromatic rings. The van der Waals surface area contributed by atoms with E-state index in [1.54, 1.807) is 0 Å². The molecule has 0 aliphatic carbocycles. The van der Waals surface area contributed by atoms with Crippen molar-refractivity contribution in [2.75, 3.05) is 23.1 Å². The maximum atomic E-state index is 5.08. The minimum atomic E-state index is 0.906. The lowest BCUT2D eigenvalue weighted by molar-refractivity contribution is 0.564. The maximum Gasteiger partial charge on any atom is 0.0593 e. The van der Waals surface area contributed by atoms with E-state index in [2.05, 4.69) is 185 Å². The van der Waals surface area contributed by atoms with Crippen LogP contribution < -0.4 is 10.0 Å². The third-order valence-corrected chi connectivity index (χ3v) is 12.5. The van der Waals surface area contributed by atoms with Gasteiger partial charge < -0.3 is 9.13 Å². The second-order valence-electron chi connectivity index (χ2n) is 16.9. The Labute approximate surface area is 369 Å². The minimum Gasteiger partial charge on any atom is -0.344 e. The number of hydrogen-bond donors (Lipinski definition) is 0. The Morgan fingerprint density at radius 2 is 0.839 bits per heavy atom. The fourth-order valence-corrected chi connectivity index (χ4v) is 9.10. The van der Waals surface area contributed by atoms with Crippen LogP contribution >= 0.6 is 0 Å². The molecule has 0 unspecified atom stereocenters. The molecule has 0 aliphatic rings. The van der Waals surface area contributed by atoms with E-state index in [1.807, 2.05) is 6.21 Å². The van der Waals surface area contributed by atoms with E-state index in [4.69, 9.17) is 10.2 Å². The average Bonchev–Trinajstić information content (AvgIpc) is 3.79. The zero-order chi connectivity index (χ0) is 42.4. The summed E-state index contributed by atoms with van der Waals surface area (Å²) in [6.07, 6.45) is 20.3. The van der Waals surface area contributed by atoms with E-state index in [-0.39, 0.29) is 0 Å². The molecule has 0 saturated carbocycles. The van der Waals surface area contributed by atoms with Crippen LogP contribution in [0.15, 0.2) is 156 Å². The van der Waals surface area contributed by atoms with Crippen LogP contribution in [0.3, 0.4) is 0 Å². The monoisotopic (exact) mass is 821 g/mol. The van der Waals surface area contributed by atoms with Gasteiger partial charge in [-0.05, 0) is 91.1 Å². The first kappa shape index (κ1) is 42.5. The number of hydrogen-bond acceptors (Lipinski definition) is 4. The van der Waals surface area contributed by atoms with Gasteiger partial charge in [-0.3, -0.25) is 10.0 Å². The van der Waals surface area contributed by atoms with Gasteiger partial charge in [0.15, 0.2) is 0 Å². The van der Waals surface area contributed by atoms with E-state index >= 15 is 0 Å². The van der Waals surface area contributed by atoms with Crippen LogP contribution in [-0.4, -0.2) is 34.7 Å². The lowest BCUT2D eigenvalue weighted by Crippen LogP contribution is -2.18. The molecule has 0 amide bonds. The number of anilines is 2. The van der Waals surface area contributed by atoms with Crippen molar-refractivity contribution >= 4 is 67.4 Å². The van der Waals surface area contributed by atoms with Gasteiger partial charge in [-0.1, -0.05) is 156 Å². The zero-order valence-electron chi connectivity index (χ0n) is 37.0. The van der Waals surface area contributed by atoms with Gasteiger partial charge in [0.2, 0.25) is 0 Å². The molecule has 2 heterocycles. The molecular formula is C56H64N6. The summed E-state index contributed by atoms with van der Waals surface area (Å²) in [5, 5.41) is 19.7. The van der Waals surface area contributed by atoms with Crippen LogP contribution in [0.2, 0.25) is 0 Å².